The molecule has 0 amide bonds. The number of benzene rings is 1. The van der Waals surface area contributed by atoms with Crippen LogP contribution in [0, 0.1) is 5.82 Å². The molecule has 0 heterocycles. The Morgan fingerprint density at radius 1 is 1.41 bits per heavy atom. The molecule has 1 N–H and O–H groups in total. The average Bonchev–Trinajstić information content (AvgIpc) is 2.28. The van der Waals surface area contributed by atoms with Crippen molar-refractivity contribution in [2.45, 2.75) is 38.9 Å². The number of hydrogen-bond acceptors (Lipinski definition) is 2. The smallest absolute Gasteiger partial charge is 0.130 e. The van der Waals surface area contributed by atoms with Crippen LogP contribution in [-0.4, -0.2) is 17.8 Å². The second-order valence-electron chi connectivity index (χ2n) is 3.89. The first-order chi connectivity index (χ1) is 8.10. The summed E-state index contributed by atoms with van der Waals surface area (Å²) in [4.78, 5) is 0. The summed E-state index contributed by atoms with van der Waals surface area (Å²) >= 11 is 5.67. The van der Waals surface area contributed by atoms with Gasteiger partial charge in [0.25, 0.3) is 0 Å². The number of aliphatic hydroxyl groups excluding tert-OH is 1. The predicted octanol–water partition coefficient (Wildman–Crippen LogP) is 3.72. The zero-order valence-corrected chi connectivity index (χ0v) is 10.9. The third kappa shape index (κ3) is 3.95. The Morgan fingerprint density at radius 2 is 2.12 bits per heavy atom. The SMILES string of the molecule is CCCC(OCC)C(O)c1ccc(Cl)cc1F. The maximum Gasteiger partial charge on any atom is 0.130 e. The van der Waals surface area contributed by atoms with Crippen molar-refractivity contribution in [3.8, 4) is 0 Å². The molecule has 0 bridgehead atoms. The molecule has 0 spiro atoms. The minimum atomic E-state index is -0.952. The quantitative estimate of drug-likeness (QED) is 0.845. The highest BCUT2D eigenvalue weighted by Crippen LogP contribution is 2.26. The van der Waals surface area contributed by atoms with Gasteiger partial charge < -0.3 is 9.84 Å². The average molecular weight is 261 g/mol. The molecule has 2 nitrogen and oxygen atoms in total. The van der Waals surface area contributed by atoms with Gasteiger partial charge in [-0.3, -0.25) is 0 Å². The fraction of sp³-hybridized carbons (Fsp3) is 0.538. The summed E-state index contributed by atoms with van der Waals surface area (Å²) in [6.45, 7) is 4.35. The zero-order chi connectivity index (χ0) is 12.8. The summed E-state index contributed by atoms with van der Waals surface area (Å²) in [7, 11) is 0. The molecule has 2 unspecified atom stereocenters. The van der Waals surface area contributed by atoms with Crippen molar-refractivity contribution < 1.29 is 14.2 Å². The highest BCUT2D eigenvalue weighted by atomic mass is 35.5. The van der Waals surface area contributed by atoms with Gasteiger partial charge >= 0.3 is 0 Å². The number of aliphatic hydroxyl groups is 1. The fourth-order valence-electron chi connectivity index (χ4n) is 1.77. The number of halogens is 2. The predicted molar refractivity (Wildman–Crippen MR) is 66.7 cm³/mol. The molecule has 1 aromatic carbocycles. The van der Waals surface area contributed by atoms with E-state index in [0.717, 1.165) is 6.42 Å². The van der Waals surface area contributed by atoms with Crippen LogP contribution < -0.4 is 0 Å². The third-order valence-electron chi connectivity index (χ3n) is 2.59. The van der Waals surface area contributed by atoms with Crippen LogP contribution in [0.5, 0.6) is 0 Å². The first-order valence-corrected chi connectivity index (χ1v) is 6.22. The minimum Gasteiger partial charge on any atom is -0.386 e. The van der Waals surface area contributed by atoms with E-state index in [1.54, 1.807) is 6.07 Å². The molecule has 1 rings (SSSR count). The van der Waals surface area contributed by atoms with Crippen molar-refractivity contribution in [1.29, 1.82) is 0 Å². The normalized spacial score (nSPS) is 14.6. The Morgan fingerprint density at radius 3 is 2.65 bits per heavy atom. The monoisotopic (exact) mass is 260 g/mol. The maximum atomic E-state index is 13.6. The molecule has 4 heteroatoms. The molecular formula is C13H18ClFO2. The van der Waals surface area contributed by atoms with E-state index in [4.69, 9.17) is 16.3 Å². The van der Waals surface area contributed by atoms with Crippen molar-refractivity contribution in [3.05, 3.63) is 34.6 Å². The van der Waals surface area contributed by atoms with Gasteiger partial charge in [-0.1, -0.05) is 31.0 Å². The molecule has 0 aliphatic carbocycles. The summed E-state index contributed by atoms with van der Waals surface area (Å²) in [5.41, 5.74) is 0.237. The molecule has 0 aromatic heterocycles. The van der Waals surface area contributed by atoms with Gasteiger partial charge in [0.1, 0.15) is 11.9 Å². The molecular weight excluding hydrogens is 243 g/mol. The highest BCUT2D eigenvalue weighted by molar-refractivity contribution is 6.30. The summed E-state index contributed by atoms with van der Waals surface area (Å²) in [6, 6.07) is 4.28. The van der Waals surface area contributed by atoms with Crippen LogP contribution >= 0.6 is 11.6 Å². The van der Waals surface area contributed by atoms with Gasteiger partial charge in [-0.05, 0) is 25.5 Å². The van der Waals surface area contributed by atoms with E-state index in [0.29, 0.717) is 18.1 Å². The topological polar surface area (TPSA) is 29.5 Å². The summed E-state index contributed by atoms with van der Waals surface area (Å²) in [5, 5.41) is 10.4. The Balaban J connectivity index is 2.88. The maximum absolute atomic E-state index is 13.6. The molecule has 0 fully saturated rings. The molecule has 17 heavy (non-hydrogen) atoms. The Labute approximate surface area is 106 Å². The molecule has 0 radical (unpaired) electrons. The lowest BCUT2D eigenvalue weighted by Crippen LogP contribution is -2.23. The van der Waals surface area contributed by atoms with Crippen molar-refractivity contribution >= 4 is 11.6 Å². The van der Waals surface area contributed by atoms with Crippen LogP contribution in [-0.2, 0) is 4.74 Å². The van der Waals surface area contributed by atoms with Crippen LogP contribution in [0.15, 0.2) is 18.2 Å². The Kier molecular flexibility index (Phi) is 5.89. The lowest BCUT2D eigenvalue weighted by Gasteiger charge is -2.23. The van der Waals surface area contributed by atoms with E-state index >= 15 is 0 Å². The Hall–Kier alpha value is -0.640. The number of rotatable bonds is 6. The van der Waals surface area contributed by atoms with Crippen LogP contribution in [0.25, 0.3) is 0 Å². The second kappa shape index (κ2) is 6.94. The van der Waals surface area contributed by atoms with Gasteiger partial charge in [0.05, 0.1) is 6.10 Å². The summed E-state index contributed by atoms with van der Waals surface area (Å²) < 4.78 is 19.1. The second-order valence-corrected chi connectivity index (χ2v) is 4.33. The van der Waals surface area contributed by atoms with E-state index in [1.807, 2.05) is 13.8 Å². The van der Waals surface area contributed by atoms with E-state index in [9.17, 15) is 9.50 Å². The molecule has 0 saturated heterocycles. The first kappa shape index (κ1) is 14.4. The van der Waals surface area contributed by atoms with Crippen LogP contribution in [0.4, 0.5) is 4.39 Å². The zero-order valence-electron chi connectivity index (χ0n) is 10.1. The Bertz CT molecular complexity index is 351. The van der Waals surface area contributed by atoms with E-state index in [2.05, 4.69) is 0 Å². The standard InChI is InChI=1S/C13H18ClFO2/c1-3-5-12(17-4-2)13(16)10-7-6-9(14)8-11(10)15/h6-8,12-13,16H,3-5H2,1-2H3. The molecule has 0 saturated carbocycles. The van der Waals surface area contributed by atoms with Gasteiger partial charge in [-0.15, -0.1) is 0 Å². The largest absolute Gasteiger partial charge is 0.386 e. The van der Waals surface area contributed by atoms with Gasteiger partial charge in [0.15, 0.2) is 0 Å². The fourth-order valence-corrected chi connectivity index (χ4v) is 1.93. The summed E-state index contributed by atoms with van der Waals surface area (Å²) in [6.07, 6.45) is 0.237. The van der Waals surface area contributed by atoms with Crippen molar-refractivity contribution in [3.63, 3.8) is 0 Å². The van der Waals surface area contributed by atoms with Gasteiger partial charge in [-0.25, -0.2) is 4.39 Å². The van der Waals surface area contributed by atoms with Crippen molar-refractivity contribution in [2.24, 2.45) is 0 Å². The molecule has 0 aliphatic rings. The van der Waals surface area contributed by atoms with Gasteiger partial charge in [0, 0.05) is 17.2 Å². The molecule has 0 aliphatic heterocycles. The van der Waals surface area contributed by atoms with E-state index < -0.39 is 11.9 Å². The van der Waals surface area contributed by atoms with E-state index in [-0.39, 0.29) is 11.7 Å². The minimum absolute atomic E-state index is 0.237. The molecule has 1 aromatic rings. The highest BCUT2D eigenvalue weighted by Gasteiger charge is 2.23. The van der Waals surface area contributed by atoms with Crippen LogP contribution in [0.2, 0.25) is 5.02 Å². The summed E-state index contributed by atoms with van der Waals surface area (Å²) in [5.74, 6) is -0.495. The third-order valence-corrected chi connectivity index (χ3v) is 2.82. The van der Waals surface area contributed by atoms with Crippen molar-refractivity contribution in [1.82, 2.24) is 0 Å². The first-order valence-electron chi connectivity index (χ1n) is 5.84. The van der Waals surface area contributed by atoms with Crippen molar-refractivity contribution in [2.75, 3.05) is 6.61 Å². The van der Waals surface area contributed by atoms with Gasteiger partial charge in [-0.2, -0.15) is 0 Å². The van der Waals surface area contributed by atoms with E-state index in [1.165, 1.54) is 12.1 Å². The van der Waals surface area contributed by atoms with Crippen LogP contribution in [0.3, 0.4) is 0 Å². The lowest BCUT2D eigenvalue weighted by atomic mass is 10.0. The molecule has 2 atom stereocenters. The molecule has 96 valence electrons. The van der Waals surface area contributed by atoms with Crippen LogP contribution in [0.1, 0.15) is 38.4 Å². The number of ether oxygens (including phenoxy) is 1. The lowest BCUT2D eigenvalue weighted by molar-refractivity contribution is -0.0398. The van der Waals surface area contributed by atoms with Gasteiger partial charge in [0.2, 0.25) is 0 Å². The number of hydrogen-bond donors (Lipinski definition) is 1.